The third-order valence-corrected chi connectivity index (χ3v) is 2.82. The minimum absolute atomic E-state index is 0.0660. The Kier molecular flexibility index (Phi) is 2.38. The van der Waals surface area contributed by atoms with Gasteiger partial charge in [0.05, 0.1) is 0 Å². The highest BCUT2D eigenvalue weighted by atomic mass is 16.4. The second kappa shape index (κ2) is 3.48. The Balaban J connectivity index is 2.76. The lowest BCUT2D eigenvalue weighted by Gasteiger charge is -2.19. The molecule has 1 aromatic heterocycles. The van der Waals surface area contributed by atoms with E-state index in [0.717, 1.165) is 10.9 Å². The van der Waals surface area contributed by atoms with Crippen LogP contribution in [0.2, 0.25) is 0 Å². The zero-order chi connectivity index (χ0) is 11.9. The van der Waals surface area contributed by atoms with E-state index in [2.05, 4.69) is 26.8 Å². The zero-order valence-corrected chi connectivity index (χ0v) is 10.1. The highest BCUT2D eigenvalue weighted by molar-refractivity contribution is 5.80. The largest absolute Gasteiger partial charge is 0.423 e. The third kappa shape index (κ3) is 1.87. The van der Waals surface area contributed by atoms with Crippen LogP contribution in [0.4, 0.5) is 0 Å². The summed E-state index contributed by atoms with van der Waals surface area (Å²) in [4.78, 5) is 11.3. The fourth-order valence-corrected chi connectivity index (χ4v) is 1.79. The van der Waals surface area contributed by atoms with Crippen molar-refractivity contribution in [2.24, 2.45) is 0 Å². The first-order chi connectivity index (χ1) is 7.38. The topological polar surface area (TPSA) is 30.2 Å². The van der Waals surface area contributed by atoms with Gasteiger partial charge in [0.1, 0.15) is 5.58 Å². The summed E-state index contributed by atoms with van der Waals surface area (Å²) in [5.41, 5.74) is 2.60. The summed E-state index contributed by atoms with van der Waals surface area (Å²) in [6, 6.07) is 7.60. The number of rotatable bonds is 0. The van der Waals surface area contributed by atoms with E-state index in [1.807, 2.05) is 19.1 Å². The minimum atomic E-state index is -0.281. The maximum atomic E-state index is 11.3. The van der Waals surface area contributed by atoms with Gasteiger partial charge in [0.25, 0.3) is 0 Å². The first kappa shape index (κ1) is 10.9. The van der Waals surface area contributed by atoms with Crippen molar-refractivity contribution in [1.29, 1.82) is 0 Å². The monoisotopic (exact) mass is 216 g/mol. The molecule has 84 valence electrons. The van der Waals surface area contributed by atoms with Crippen molar-refractivity contribution >= 4 is 11.0 Å². The van der Waals surface area contributed by atoms with Gasteiger partial charge < -0.3 is 4.42 Å². The second-order valence-corrected chi connectivity index (χ2v) is 5.21. The van der Waals surface area contributed by atoms with E-state index in [1.165, 1.54) is 11.6 Å². The molecule has 0 unspecified atom stereocenters. The van der Waals surface area contributed by atoms with E-state index < -0.39 is 0 Å². The van der Waals surface area contributed by atoms with E-state index in [4.69, 9.17) is 4.42 Å². The Morgan fingerprint density at radius 3 is 2.44 bits per heavy atom. The fourth-order valence-electron chi connectivity index (χ4n) is 1.79. The van der Waals surface area contributed by atoms with Gasteiger partial charge in [-0.15, -0.1) is 0 Å². The maximum Gasteiger partial charge on any atom is 0.336 e. The Hall–Kier alpha value is -1.57. The third-order valence-electron chi connectivity index (χ3n) is 2.82. The first-order valence-corrected chi connectivity index (χ1v) is 5.43. The molecule has 0 fully saturated rings. The predicted molar refractivity (Wildman–Crippen MR) is 65.9 cm³/mol. The van der Waals surface area contributed by atoms with Crippen LogP contribution >= 0.6 is 0 Å². The lowest BCUT2D eigenvalue weighted by molar-refractivity contribution is 0.552. The van der Waals surface area contributed by atoms with Crippen LogP contribution in [0.3, 0.4) is 0 Å². The van der Waals surface area contributed by atoms with E-state index in [0.29, 0.717) is 5.58 Å². The molecule has 0 N–H and O–H groups in total. The molecular formula is C14H16O2. The lowest BCUT2D eigenvalue weighted by Crippen LogP contribution is -2.11. The van der Waals surface area contributed by atoms with Crippen LogP contribution in [0.15, 0.2) is 33.5 Å². The van der Waals surface area contributed by atoms with Crippen LogP contribution in [0.5, 0.6) is 0 Å². The highest BCUT2D eigenvalue weighted by Crippen LogP contribution is 2.26. The molecule has 0 radical (unpaired) electrons. The Bertz CT molecular complexity index is 586. The average molecular weight is 216 g/mol. The smallest absolute Gasteiger partial charge is 0.336 e. The molecule has 0 atom stereocenters. The molecule has 2 heteroatoms. The van der Waals surface area contributed by atoms with E-state index in [1.54, 1.807) is 0 Å². The molecule has 0 bridgehead atoms. The molecule has 0 saturated carbocycles. The number of hydrogen-bond donors (Lipinski definition) is 0. The molecule has 0 aliphatic heterocycles. The Labute approximate surface area is 94.9 Å². The zero-order valence-electron chi connectivity index (χ0n) is 10.1. The lowest BCUT2D eigenvalue weighted by atomic mass is 9.86. The molecule has 2 nitrogen and oxygen atoms in total. The summed E-state index contributed by atoms with van der Waals surface area (Å²) in [5.74, 6) is 0. The van der Waals surface area contributed by atoms with Gasteiger partial charge in [-0.3, -0.25) is 0 Å². The predicted octanol–water partition coefficient (Wildman–Crippen LogP) is 3.40. The van der Waals surface area contributed by atoms with Gasteiger partial charge in [-0.25, -0.2) is 4.79 Å². The van der Waals surface area contributed by atoms with Crippen LogP contribution in [0.25, 0.3) is 11.0 Å². The number of aryl methyl sites for hydroxylation is 1. The van der Waals surface area contributed by atoms with Crippen molar-refractivity contribution in [2.45, 2.75) is 33.1 Å². The number of hydrogen-bond acceptors (Lipinski definition) is 2. The molecule has 2 rings (SSSR count). The van der Waals surface area contributed by atoms with Crippen molar-refractivity contribution in [1.82, 2.24) is 0 Å². The van der Waals surface area contributed by atoms with Crippen molar-refractivity contribution in [3.63, 3.8) is 0 Å². The van der Waals surface area contributed by atoms with Crippen molar-refractivity contribution in [3.8, 4) is 0 Å². The number of benzene rings is 1. The summed E-state index contributed by atoms with van der Waals surface area (Å²) in [6.07, 6.45) is 0. The van der Waals surface area contributed by atoms with Crippen LogP contribution in [-0.4, -0.2) is 0 Å². The van der Waals surface area contributed by atoms with E-state index >= 15 is 0 Å². The van der Waals surface area contributed by atoms with Crippen LogP contribution < -0.4 is 5.63 Å². The average Bonchev–Trinajstić information content (AvgIpc) is 2.15. The molecule has 0 amide bonds. The molecule has 0 aliphatic rings. The Morgan fingerprint density at radius 2 is 1.81 bits per heavy atom. The fraction of sp³-hybridized carbons (Fsp3) is 0.357. The van der Waals surface area contributed by atoms with Crippen molar-refractivity contribution in [2.75, 3.05) is 0 Å². The SMILES string of the molecule is Cc1cc(=O)oc2cc(C(C)(C)C)ccc12. The normalized spacial score (nSPS) is 12.0. The maximum absolute atomic E-state index is 11.3. The van der Waals surface area contributed by atoms with E-state index in [-0.39, 0.29) is 11.0 Å². The summed E-state index contributed by atoms with van der Waals surface area (Å²) in [5, 5.41) is 1.01. The summed E-state index contributed by atoms with van der Waals surface area (Å²) in [6.45, 7) is 8.35. The van der Waals surface area contributed by atoms with Gasteiger partial charge in [-0.1, -0.05) is 32.9 Å². The quantitative estimate of drug-likeness (QED) is 0.632. The molecule has 1 aromatic carbocycles. The standard InChI is InChI=1S/C14H16O2/c1-9-7-13(15)16-12-8-10(14(2,3)4)5-6-11(9)12/h5-8H,1-4H3. The van der Waals surface area contributed by atoms with Gasteiger partial charge in [0.2, 0.25) is 0 Å². The minimum Gasteiger partial charge on any atom is -0.423 e. The molecule has 0 saturated heterocycles. The summed E-state index contributed by atoms with van der Waals surface area (Å²) >= 11 is 0. The van der Waals surface area contributed by atoms with Crippen molar-refractivity contribution < 1.29 is 4.42 Å². The molecule has 1 heterocycles. The highest BCUT2D eigenvalue weighted by Gasteiger charge is 2.14. The Morgan fingerprint density at radius 1 is 1.12 bits per heavy atom. The van der Waals surface area contributed by atoms with Crippen LogP contribution in [0, 0.1) is 6.92 Å². The molecule has 0 spiro atoms. The van der Waals surface area contributed by atoms with Crippen molar-refractivity contribution in [3.05, 3.63) is 45.8 Å². The van der Waals surface area contributed by atoms with Gasteiger partial charge in [0.15, 0.2) is 0 Å². The van der Waals surface area contributed by atoms with Gasteiger partial charge >= 0.3 is 5.63 Å². The summed E-state index contributed by atoms with van der Waals surface area (Å²) < 4.78 is 5.22. The molecule has 16 heavy (non-hydrogen) atoms. The second-order valence-electron chi connectivity index (χ2n) is 5.21. The van der Waals surface area contributed by atoms with Gasteiger partial charge in [0, 0.05) is 11.5 Å². The van der Waals surface area contributed by atoms with Crippen LogP contribution in [-0.2, 0) is 5.41 Å². The van der Waals surface area contributed by atoms with E-state index in [9.17, 15) is 4.79 Å². The number of fused-ring (bicyclic) bond motifs is 1. The summed E-state index contributed by atoms with van der Waals surface area (Å²) in [7, 11) is 0. The molecule has 2 aromatic rings. The first-order valence-electron chi connectivity index (χ1n) is 5.43. The van der Waals surface area contributed by atoms with Gasteiger partial charge in [-0.2, -0.15) is 0 Å². The van der Waals surface area contributed by atoms with Crippen LogP contribution in [0.1, 0.15) is 31.9 Å². The van der Waals surface area contributed by atoms with Gasteiger partial charge in [-0.05, 0) is 29.5 Å². The molecular weight excluding hydrogens is 200 g/mol. The molecule has 0 aliphatic carbocycles.